The second kappa shape index (κ2) is 5.73. The monoisotopic (exact) mass is 294 g/mol. The van der Waals surface area contributed by atoms with Crippen molar-refractivity contribution in [3.8, 4) is 0 Å². The molecular formula is C19H22N2O. The minimum Gasteiger partial charge on any atom is -0.342 e. The first kappa shape index (κ1) is 13.8. The lowest BCUT2D eigenvalue weighted by Gasteiger charge is -2.35. The van der Waals surface area contributed by atoms with E-state index in [0.717, 1.165) is 31.6 Å². The van der Waals surface area contributed by atoms with E-state index in [1.807, 2.05) is 12.1 Å². The summed E-state index contributed by atoms with van der Waals surface area (Å²) < 4.78 is 0. The van der Waals surface area contributed by atoms with Gasteiger partial charge in [0, 0.05) is 19.1 Å². The van der Waals surface area contributed by atoms with E-state index in [2.05, 4.69) is 40.5 Å². The average Bonchev–Trinajstić information content (AvgIpc) is 3.02. The molecule has 2 saturated heterocycles. The van der Waals surface area contributed by atoms with E-state index in [0.29, 0.717) is 18.4 Å². The summed E-state index contributed by atoms with van der Waals surface area (Å²) in [4.78, 5) is 14.7. The molecule has 114 valence electrons. The van der Waals surface area contributed by atoms with Gasteiger partial charge in [0.05, 0.1) is 6.42 Å². The van der Waals surface area contributed by atoms with E-state index in [-0.39, 0.29) is 5.91 Å². The molecule has 3 heteroatoms. The van der Waals surface area contributed by atoms with Crippen molar-refractivity contribution in [2.75, 3.05) is 19.6 Å². The fourth-order valence-corrected chi connectivity index (χ4v) is 3.91. The van der Waals surface area contributed by atoms with Crippen LogP contribution in [0.15, 0.2) is 42.5 Å². The molecule has 2 aliphatic rings. The van der Waals surface area contributed by atoms with Crippen molar-refractivity contribution >= 4 is 16.7 Å². The summed E-state index contributed by atoms with van der Waals surface area (Å²) >= 11 is 0. The number of benzene rings is 2. The Kier molecular flexibility index (Phi) is 3.59. The Bertz CT molecular complexity index is 697. The molecule has 0 saturated carbocycles. The first-order valence-corrected chi connectivity index (χ1v) is 8.28. The SMILES string of the molecule is O=C(Cc1ccc2ccccc2c1)N1CCC2NCCC2C1. The summed E-state index contributed by atoms with van der Waals surface area (Å²) in [7, 11) is 0. The number of piperidine rings is 1. The van der Waals surface area contributed by atoms with E-state index in [4.69, 9.17) is 0 Å². The third-order valence-electron chi connectivity index (χ3n) is 5.18. The van der Waals surface area contributed by atoms with Gasteiger partial charge in [-0.3, -0.25) is 4.79 Å². The first-order chi connectivity index (χ1) is 10.8. The molecule has 2 aliphatic heterocycles. The summed E-state index contributed by atoms with van der Waals surface area (Å²) in [5, 5.41) is 6.00. The van der Waals surface area contributed by atoms with E-state index in [9.17, 15) is 4.79 Å². The molecule has 0 radical (unpaired) electrons. The number of amides is 1. The molecule has 0 aromatic heterocycles. The molecule has 3 nitrogen and oxygen atoms in total. The number of fused-ring (bicyclic) bond motifs is 2. The van der Waals surface area contributed by atoms with Gasteiger partial charge in [-0.2, -0.15) is 0 Å². The Balaban J connectivity index is 1.46. The van der Waals surface area contributed by atoms with Gasteiger partial charge in [0.15, 0.2) is 0 Å². The van der Waals surface area contributed by atoms with Gasteiger partial charge < -0.3 is 10.2 Å². The number of carbonyl (C=O) groups excluding carboxylic acids is 1. The van der Waals surface area contributed by atoms with Gasteiger partial charge in [0.25, 0.3) is 0 Å². The zero-order chi connectivity index (χ0) is 14.9. The van der Waals surface area contributed by atoms with E-state index in [1.54, 1.807) is 0 Å². The summed E-state index contributed by atoms with van der Waals surface area (Å²) in [6.45, 7) is 2.95. The minimum atomic E-state index is 0.278. The van der Waals surface area contributed by atoms with Crippen LogP contribution >= 0.6 is 0 Å². The van der Waals surface area contributed by atoms with Gasteiger partial charge >= 0.3 is 0 Å². The van der Waals surface area contributed by atoms with Crippen LogP contribution in [0.2, 0.25) is 0 Å². The number of hydrogen-bond acceptors (Lipinski definition) is 2. The third kappa shape index (κ3) is 2.61. The molecule has 4 rings (SSSR count). The van der Waals surface area contributed by atoms with E-state index in [1.165, 1.54) is 17.2 Å². The number of nitrogens with zero attached hydrogens (tertiary/aromatic N) is 1. The fourth-order valence-electron chi connectivity index (χ4n) is 3.91. The molecule has 0 spiro atoms. The van der Waals surface area contributed by atoms with Crippen LogP contribution in [0.4, 0.5) is 0 Å². The molecule has 2 aromatic rings. The Morgan fingerprint density at radius 1 is 1.14 bits per heavy atom. The maximum atomic E-state index is 12.6. The predicted octanol–water partition coefficient (Wildman–Crippen LogP) is 2.59. The second-order valence-electron chi connectivity index (χ2n) is 6.60. The summed E-state index contributed by atoms with van der Waals surface area (Å²) in [5.41, 5.74) is 1.12. The highest BCUT2D eigenvalue weighted by molar-refractivity contribution is 5.85. The zero-order valence-corrected chi connectivity index (χ0v) is 12.8. The molecule has 22 heavy (non-hydrogen) atoms. The lowest BCUT2D eigenvalue weighted by molar-refractivity contribution is -0.132. The Morgan fingerprint density at radius 2 is 2.00 bits per heavy atom. The van der Waals surface area contributed by atoms with Crippen LogP contribution in [0.25, 0.3) is 10.8 Å². The van der Waals surface area contributed by atoms with Gasteiger partial charge in [-0.1, -0.05) is 42.5 Å². The highest BCUT2D eigenvalue weighted by Gasteiger charge is 2.34. The standard InChI is InChI=1S/C19H22N2O/c22-19(21-10-8-18-17(13-21)7-9-20-18)12-14-5-6-15-3-1-2-4-16(15)11-14/h1-6,11,17-18,20H,7-10,12-13H2. The average molecular weight is 294 g/mol. The lowest BCUT2D eigenvalue weighted by atomic mass is 9.93. The van der Waals surface area contributed by atoms with Crippen molar-refractivity contribution in [2.45, 2.75) is 25.3 Å². The van der Waals surface area contributed by atoms with Crippen molar-refractivity contribution in [3.63, 3.8) is 0 Å². The Morgan fingerprint density at radius 3 is 2.91 bits per heavy atom. The number of hydrogen-bond donors (Lipinski definition) is 1. The molecule has 2 aromatic carbocycles. The fraction of sp³-hybridized carbons (Fsp3) is 0.421. The van der Waals surface area contributed by atoms with Crippen molar-refractivity contribution in [1.29, 1.82) is 0 Å². The molecule has 0 aliphatic carbocycles. The normalized spacial score (nSPS) is 24.5. The van der Waals surface area contributed by atoms with Crippen LogP contribution in [-0.4, -0.2) is 36.5 Å². The molecule has 2 fully saturated rings. The van der Waals surface area contributed by atoms with Crippen molar-refractivity contribution in [1.82, 2.24) is 10.2 Å². The van der Waals surface area contributed by atoms with Crippen LogP contribution in [0.1, 0.15) is 18.4 Å². The van der Waals surface area contributed by atoms with Crippen LogP contribution in [0, 0.1) is 5.92 Å². The Hall–Kier alpha value is -1.87. The van der Waals surface area contributed by atoms with Crippen molar-refractivity contribution in [3.05, 3.63) is 48.0 Å². The first-order valence-electron chi connectivity index (χ1n) is 8.28. The molecule has 1 N–H and O–H groups in total. The maximum absolute atomic E-state index is 12.6. The summed E-state index contributed by atoms with van der Waals surface area (Å²) in [6, 6.07) is 15.3. The van der Waals surface area contributed by atoms with Crippen LogP contribution in [-0.2, 0) is 11.2 Å². The molecule has 2 heterocycles. The number of carbonyl (C=O) groups is 1. The number of nitrogens with one attached hydrogen (secondary N) is 1. The Labute approximate surface area is 131 Å². The quantitative estimate of drug-likeness (QED) is 0.923. The number of rotatable bonds is 2. The van der Waals surface area contributed by atoms with E-state index < -0.39 is 0 Å². The van der Waals surface area contributed by atoms with Gasteiger partial charge in [-0.25, -0.2) is 0 Å². The maximum Gasteiger partial charge on any atom is 0.227 e. The third-order valence-corrected chi connectivity index (χ3v) is 5.18. The largest absolute Gasteiger partial charge is 0.342 e. The smallest absolute Gasteiger partial charge is 0.227 e. The lowest BCUT2D eigenvalue weighted by Crippen LogP contribution is -2.47. The van der Waals surface area contributed by atoms with Gasteiger partial charge in [-0.05, 0) is 41.6 Å². The van der Waals surface area contributed by atoms with Crippen molar-refractivity contribution < 1.29 is 4.79 Å². The van der Waals surface area contributed by atoms with Crippen LogP contribution in [0.5, 0.6) is 0 Å². The molecular weight excluding hydrogens is 272 g/mol. The molecule has 2 unspecified atom stereocenters. The zero-order valence-electron chi connectivity index (χ0n) is 12.8. The second-order valence-corrected chi connectivity index (χ2v) is 6.60. The van der Waals surface area contributed by atoms with Gasteiger partial charge in [-0.15, -0.1) is 0 Å². The van der Waals surface area contributed by atoms with Gasteiger partial charge in [0.2, 0.25) is 5.91 Å². The summed E-state index contributed by atoms with van der Waals surface area (Å²) in [5.74, 6) is 0.940. The highest BCUT2D eigenvalue weighted by atomic mass is 16.2. The topological polar surface area (TPSA) is 32.3 Å². The van der Waals surface area contributed by atoms with Gasteiger partial charge in [0.1, 0.15) is 0 Å². The molecule has 2 atom stereocenters. The van der Waals surface area contributed by atoms with Crippen LogP contribution < -0.4 is 5.32 Å². The van der Waals surface area contributed by atoms with E-state index >= 15 is 0 Å². The predicted molar refractivity (Wildman–Crippen MR) is 88.7 cm³/mol. The minimum absolute atomic E-state index is 0.278. The van der Waals surface area contributed by atoms with Crippen LogP contribution in [0.3, 0.4) is 0 Å². The number of likely N-dealkylation sites (tertiary alicyclic amines) is 1. The van der Waals surface area contributed by atoms with Crippen molar-refractivity contribution in [2.24, 2.45) is 5.92 Å². The molecule has 0 bridgehead atoms. The highest BCUT2D eigenvalue weighted by Crippen LogP contribution is 2.25. The molecule has 1 amide bonds. The summed E-state index contributed by atoms with van der Waals surface area (Å²) in [6.07, 6.45) is 2.84.